The minimum Gasteiger partial charge on any atom is -0.384 e. The molecule has 3 heteroatoms. The van der Waals surface area contributed by atoms with E-state index in [1.165, 1.54) is 31.2 Å². The van der Waals surface area contributed by atoms with E-state index in [1.807, 2.05) is 12.3 Å². The molecule has 2 N–H and O–H groups in total. The third-order valence-corrected chi connectivity index (χ3v) is 3.71. The average Bonchev–Trinajstić information content (AvgIpc) is 2.30. The van der Waals surface area contributed by atoms with Gasteiger partial charge in [0.15, 0.2) is 0 Å². The van der Waals surface area contributed by atoms with Gasteiger partial charge in [0.25, 0.3) is 0 Å². The van der Waals surface area contributed by atoms with Gasteiger partial charge < -0.3 is 10.6 Å². The minimum atomic E-state index is 0.616. The van der Waals surface area contributed by atoms with Crippen LogP contribution in [0.2, 0.25) is 0 Å². The van der Waals surface area contributed by atoms with Crippen LogP contribution in [0.25, 0.3) is 0 Å². The maximum absolute atomic E-state index is 5.60. The topological polar surface area (TPSA) is 42.1 Å². The summed E-state index contributed by atoms with van der Waals surface area (Å²) < 4.78 is 0. The molecule has 3 nitrogen and oxygen atoms in total. The summed E-state index contributed by atoms with van der Waals surface area (Å²) in [6.45, 7) is 0. The highest BCUT2D eigenvalue weighted by molar-refractivity contribution is 5.30. The smallest absolute Gasteiger partial charge is 0.123 e. The molecule has 0 spiro atoms. The van der Waals surface area contributed by atoms with Gasteiger partial charge >= 0.3 is 0 Å². The number of anilines is 1. The second-order valence-corrected chi connectivity index (χ2v) is 4.99. The predicted molar refractivity (Wildman–Crippen MR) is 67.3 cm³/mol. The Hall–Kier alpha value is -1.09. The van der Waals surface area contributed by atoms with Crippen molar-refractivity contribution in [3.63, 3.8) is 0 Å². The summed E-state index contributed by atoms with van der Waals surface area (Å²) >= 11 is 0. The Bertz CT molecular complexity index is 324. The number of aromatic nitrogens is 1. The van der Waals surface area contributed by atoms with E-state index in [1.54, 1.807) is 0 Å². The lowest BCUT2D eigenvalue weighted by Crippen LogP contribution is -2.31. The van der Waals surface area contributed by atoms with E-state index >= 15 is 0 Å². The lowest BCUT2D eigenvalue weighted by atomic mass is 9.82. The standard InChI is InChI=1S/C13H21N3/c1-16(2)12-6-3-10(4-7-12)11-5-8-13(14)15-9-11/h5,8-10,12H,3-4,6-7H2,1-2H3,(H2,14,15)/t10-,12-. The Morgan fingerprint density at radius 1 is 1.19 bits per heavy atom. The van der Waals surface area contributed by atoms with E-state index in [2.05, 4.69) is 30.0 Å². The minimum absolute atomic E-state index is 0.616. The van der Waals surface area contributed by atoms with Crippen molar-refractivity contribution in [1.82, 2.24) is 9.88 Å². The zero-order chi connectivity index (χ0) is 11.5. The summed E-state index contributed by atoms with van der Waals surface area (Å²) in [6.07, 6.45) is 7.07. The summed E-state index contributed by atoms with van der Waals surface area (Å²) in [7, 11) is 4.35. The Labute approximate surface area is 97.7 Å². The summed E-state index contributed by atoms with van der Waals surface area (Å²) in [5, 5.41) is 0. The van der Waals surface area contributed by atoms with Crippen molar-refractivity contribution in [3.05, 3.63) is 23.9 Å². The molecule has 0 aromatic carbocycles. The Kier molecular flexibility index (Phi) is 3.44. The molecule has 1 heterocycles. The van der Waals surface area contributed by atoms with Crippen LogP contribution in [0.3, 0.4) is 0 Å². The monoisotopic (exact) mass is 219 g/mol. The van der Waals surface area contributed by atoms with Crippen molar-refractivity contribution in [1.29, 1.82) is 0 Å². The van der Waals surface area contributed by atoms with Gasteiger partial charge in [-0.2, -0.15) is 0 Å². The van der Waals surface area contributed by atoms with Gasteiger partial charge in [0.2, 0.25) is 0 Å². The molecule has 1 aliphatic rings. The first kappa shape index (κ1) is 11.4. The van der Waals surface area contributed by atoms with Crippen LogP contribution in [0.1, 0.15) is 37.2 Å². The van der Waals surface area contributed by atoms with Gasteiger partial charge in [0, 0.05) is 12.2 Å². The van der Waals surface area contributed by atoms with Crippen LogP contribution in [-0.2, 0) is 0 Å². The third kappa shape index (κ3) is 2.53. The number of hydrogen-bond donors (Lipinski definition) is 1. The first-order valence-corrected chi connectivity index (χ1v) is 6.04. The molecule has 1 fully saturated rings. The lowest BCUT2D eigenvalue weighted by molar-refractivity contribution is 0.216. The molecule has 88 valence electrons. The van der Waals surface area contributed by atoms with Crippen molar-refractivity contribution in [2.75, 3.05) is 19.8 Å². The van der Waals surface area contributed by atoms with E-state index in [9.17, 15) is 0 Å². The number of nitrogens with zero attached hydrogens (tertiary/aromatic N) is 2. The molecule has 0 atom stereocenters. The van der Waals surface area contributed by atoms with E-state index in [0.29, 0.717) is 11.7 Å². The van der Waals surface area contributed by atoms with Crippen LogP contribution in [0.4, 0.5) is 5.82 Å². The SMILES string of the molecule is CN(C)[C@H]1CC[C@H](c2ccc(N)nc2)CC1. The van der Waals surface area contributed by atoms with E-state index < -0.39 is 0 Å². The summed E-state index contributed by atoms with van der Waals surface area (Å²) in [5.41, 5.74) is 6.95. The van der Waals surface area contributed by atoms with Crippen molar-refractivity contribution in [2.45, 2.75) is 37.6 Å². The fourth-order valence-electron chi connectivity index (χ4n) is 2.58. The van der Waals surface area contributed by atoms with Crippen LogP contribution in [0, 0.1) is 0 Å². The summed E-state index contributed by atoms with van der Waals surface area (Å²) in [5.74, 6) is 1.30. The molecule has 0 bridgehead atoms. The lowest BCUT2D eigenvalue weighted by Gasteiger charge is -2.32. The fraction of sp³-hybridized carbons (Fsp3) is 0.615. The number of hydrogen-bond acceptors (Lipinski definition) is 3. The van der Waals surface area contributed by atoms with Crippen LogP contribution in [0.15, 0.2) is 18.3 Å². The predicted octanol–water partition coefficient (Wildman–Crippen LogP) is 2.25. The average molecular weight is 219 g/mol. The Morgan fingerprint density at radius 3 is 2.38 bits per heavy atom. The Balaban J connectivity index is 1.96. The number of pyridine rings is 1. The highest BCUT2D eigenvalue weighted by Crippen LogP contribution is 2.33. The molecule has 0 radical (unpaired) electrons. The number of nitrogen functional groups attached to an aromatic ring is 1. The van der Waals surface area contributed by atoms with E-state index in [0.717, 1.165) is 6.04 Å². The summed E-state index contributed by atoms with van der Waals surface area (Å²) in [4.78, 5) is 6.52. The van der Waals surface area contributed by atoms with Gasteiger partial charge in [-0.25, -0.2) is 4.98 Å². The zero-order valence-electron chi connectivity index (χ0n) is 10.2. The first-order valence-electron chi connectivity index (χ1n) is 6.04. The van der Waals surface area contributed by atoms with Crippen molar-refractivity contribution >= 4 is 5.82 Å². The van der Waals surface area contributed by atoms with Gasteiger partial charge in [-0.05, 0) is 57.3 Å². The van der Waals surface area contributed by atoms with Crippen molar-refractivity contribution in [3.8, 4) is 0 Å². The maximum atomic E-state index is 5.60. The molecule has 0 saturated heterocycles. The molecular weight excluding hydrogens is 198 g/mol. The van der Waals surface area contributed by atoms with Crippen molar-refractivity contribution < 1.29 is 0 Å². The van der Waals surface area contributed by atoms with Gasteiger partial charge in [-0.3, -0.25) is 0 Å². The second-order valence-electron chi connectivity index (χ2n) is 4.99. The molecule has 1 saturated carbocycles. The normalized spacial score (nSPS) is 25.9. The molecule has 1 aliphatic carbocycles. The van der Waals surface area contributed by atoms with E-state index in [-0.39, 0.29) is 0 Å². The van der Waals surface area contributed by atoms with Crippen molar-refractivity contribution in [2.24, 2.45) is 0 Å². The largest absolute Gasteiger partial charge is 0.384 e. The first-order chi connectivity index (χ1) is 7.66. The highest BCUT2D eigenvalue weighted by atomic mass is 15.1. The fourth-order valence-corrected chi connectivity index (χ4v) is 2.58. The van der Waals surface area contributed by atoms with Crippen LogP contribution in [0.5, 0.6) is 0 Å². The molecule has 0 unspecified atom stereocenters. The molecule has 0 aliphatic heterocycles. The van der Waals surface area contributed by atoms with Crippen LogP contribution < -0.4 is 5.73 Å². The molecule has 0 amide bonds. The van der Waals surface area contributed by atoms with Crippen LogP contribution in [-0.4, -0.2) is 30.0 Å². The van der Waals surface area contributed by atoms with Gasteiger partial charge in [0.05, 0.1) is 0 Å². The highest BCUT2D eigenvalue weighted by Gasteiger charge is 2.23. The molecular formula is C13H21N3. The quantitative estimate of drug-likeness (QED) is 0.829. The van der Waals surface area contributed by atoms with E-state index in [4.69, 9.17) is 5.73 Å². The Morgan fingerprint density at radius 2 is 1.88 bits per heavy atom. The summed E-state index contributed by atoms with van der Waals surface area (Å²) in [6, 6.07) is 4.80. The number of rotatable bonds is 2. The molecule has 1 aromatic heterocycles. The molecule has 16 heavy (non-hydrogen) atoms. The van der Waals surface area contributed by atoms with Gasteiger partial charge in [-0.1, -0.05) is 6.07 Å². The third-order valence-electron chi connectivity index (χ3n) is 3.71. The number of nitrogens with two attached hydrogens (primary N) is 1. The van der Waals surface area contributed by atoms with Gasteiger partial charge in [0.1, 0.15) is 5.82 Å². The molecule has 1 aromatic rings. The molecule has 2 rings (SSSR count). The second kappa shape index (κ2) is 4.83. The zero-order valence-corrected chi connectivity index (χ0v) is 10.2. The van der Waals surface area contributed by atoms with Gasteiger partial charge in [-0.15, -0.1) is 0 Å². The van der Waals surface area contributed by atoms with Crippen LogP contribution >= 0.6 is 0 Å². The maximum Gasteiger partial charge on any atom is 0.123 e.